The summed E-state index contributed by atoms with van der Waals surface area (Å²) in [7, 11) is 0. The highest BCUT2D eigenvalue weighted by Crippen LogP contribution is 2.68. The summed E-state index contributed by atoms with van der Waals surface area (Å²) in [6.07, 6.45) is 12.8. The first-order valence-electron chi connectivity index (χ1n) is 13.2. The van der Waals surface area contributed by atoms with Gasteiger partial charge in [0.05, 0.1) is 12.2 Å². The van der Waals surface area contributed by atoms with E-state index in [0.717, 1.165) is 49.4 Å². The second-order valence-electron chi connectivity index (χ2n) is 12.6. The van der Waals surface area contributed by atoms with E-state index in [9.17, 15) is 15.3 Å². The van der Waals surface area contributed by atoms with Crippen molar-refractivity contribution in [1.82, 2.24) is 0 Å². The summed E-state index contributed by atoms with van der Waals surface area (Å²) in [6, 6.07) is 0. The van der Waals surface area contributed by atoms with Gasteiger partial charge < -0.3 is 15.3 Å². The van der Waals surface area contributed by atoms with Crippen LogP contribution in [0.3, 0.4) is 0 Å². The minimum absolute atomic E-state index is 0.0553. The Morgan fingerprint density at radius 3 is 2.30 bits per heavy atom. The zero-order valence-corrected chi connectivity index (χ0v) is 20.0. The molecule has 4 aliphatic rings. The summed E-state index contributed by atoms with van der Waals surface area (Å²) in [5, 5.41) is 30.6. The zero-order valence-electron chi connectivity index (χ0n) is 20.0. The molecule has 0 bridgehead atoms. The molecule has 0 amide bonds. The van der Waals surface area contributed by atoms with Crippen molar-refractivity contribution in [3.63, 3.8) is 0 Å². The molecule has 0 aliphatic heterocycles. The van der Waals surface area contributed by atoms with E-state index in [-0.39, 0.29) is 18.8 Å². The number of aliphatic hydroxyl groups excluding tert-OH is 3. The van der Waals surface area contributed by atoms with Crippen LogP contribution in [0.2, 0.25) is 0 Å². The average Bonchev–Trinajstić information content (AvgIpc) is 3.08. The summed E-state index contributed by atoms with van der Waals surface area (Å²) in [5.41, 5.74) is 0.842. The Bertz CT molecular complexity index is 593. The van der Waals surface area contributed by atoms with Crippen LogP contribution >= 0.6 is 0 Å². The van der Waals surface area contributed by atoms with Crippen molar-refractivity contribution >= 4 is 0 Å². The molecule has 0 aromatic heterocycles. The smallest absolute Gasteiger partial charge is 0.0568 e. The highest BCUT2D eigenvalue weighted by atomic mass is 16.3. The molecule has 3 N–H and O–H groups in total. The first kappa shape index (κ1) is 23.1. The predicted octanol–water partition coefficient (Wildman–Crippen LogP) is 5.41. The Kier molecular flexibility index (Phi) is 6.66. The van der Waals surface area contributed by atoms with Crippen molar-refractivity contribution in [3.05, 3.63) is 0 Å². The minimum atomic E-state index is -0.231. The molecule has 174 valence electrons. The lowest BCUT2D eigenvalue weighted by atomic mass is 9.44. The van der Waals surface area contributed by atoms with Gasteiger partial charge in [-0.25, -0.2) is 0 Å². The fourth-order valence-corrected chi connectivity index (χ4v) is 9.22. The van der Waals surface area contributed by atoms with Gasteiger partial charge in [0.2, 0.25) is 0 Å². The quantitative estimate of drug-likeness (QED) is 0.538. The van der Waals surface area contributed by atoms with E-state index in [1.54, 1.807) is 0 Å². The van der Waals surface area contributed by atoms with Crippen LogP contribution in [0.4, 0.5) is 0 Å². The van der Waals surface area contributed by atoms with E-state index >= 15 is 0 Å². The number of rotatable bonds is 6. The van der Waals surface area contributed by atoms with Gasteiger partial charge in [-0.3, -0.25) is 0 Å². The molecular formula is C27H48O3. The van der Waals surface area contributed by atoms with Crippen molar-refractivity contribution < 1.29 is 15.3 Å². The van der Waals surface area contributed by atoms with Crippen LogP contribution in [0, 0.1) is 52.3 Å². The van der Waals surface area contributed by atoms with Crippen LogP contribution in [0.5, 0.6) is 0 Å². The number of hydrogen-bond donors (Lipinski definition) is 3. The Hall–Kier alpha value is -0.120. The predicted molar refractivity (Wildman–Crippen MR) is 122 cm³/mol. The minimum Gasteiger partial charge on any atom is -0.396 e. The van der Waals surface area contributed by atoms with Gasteiger partial charge in [0.25, 0.3) is 0 Å². The molecule has 0 radical (unpaired) electrons. The third-order valence-corrected chi connectivity index (χ3v) is 11.2. The van der Waals surface area contributed by atoms with Crippen molar-refractivity contribution in [2.45, 2.75) is 111 Å². The second kappa shape index (κ2) is 8.67. The first-order valence-corrected chi connectivity index (χ1v) is 13.2. The fourth-order valence-electron chi connectivity index (χ4n) is 9.22. The third kappa shape index (κ3) is 3.79. The lowest BCUT2D eigenvalue weighted by molar-refractivity contribution is -0.132. The molecule has 3 nitrogen and oxygen atoms in total. The summed E-state index contributed by atoms with van der Waals surface area (Å²) in [4.78, 5) is 0. The Morgan fingerprint density at radius 2 is 1.57 bits per heavy atom. The second-order valence-corrected chi connectivity index (χ2v) is 12.6. The highest BCUT2D eigenvalue weighted by molar-refractivity contribution is 5.10. The standard InChI is InChI=1S/C27H48O3/c1-17(16-28)5-10-25(30)18(2)22-8-9-23-21-7-6-19-15-20(29)11-13-26(19,3)24(21)12-14-27(22,23)4/h17-25,28-30H,5-16H2,1-4H3. The number of hydrogen-bond acceptors (Lipinski definition) is 3. The van der Waals surface area contributed by atoms with Crippen LogP contribution in [0.1, 0.15) is 98.3 Å². The lowest BCUT2D eigenvalue weighted by Crippen LogP contribution is -2.54. The van der Waals surface area contributed by atoms with Crippen molar-refractivity contribution in [2.24, 2.45) is 52.3 Å². The molecule has 11 atom stereocenters. The van der Waals surface area contributed by atoms with Gasteiger partial charge in [0.1, 0.15) is 0 Å². The van der Waals surface area contributed by atoms with E-state index in [1.165, 1.54) is 44.9 Å². The zero-order chi connectivity index (χ0) is 21.7. The molecule has 0 saturated heterocycles. The molecule has 30 heavy (non-hydrogen) atoms. The molecule has 3 heteroatoms. The molecule has 0 spiro atoms. The number of aliphatic hydroxyl groups is 3. The molecule has 4 aliphatic carbocycles. The Labute approximate surface area is 185 Å². The molecule has 4 rings (SSSR count). The van der Waals surface area contributed by atoms with E-state index < -0.39 is 0 Å². The summed E-state index contributed by atoms with van der Waals surface area (Å²) >= 11 is 0. The molecule has 0 aromatic rings. The van der Waals surface area contributed by atoms with Crippen LogP contribution in [0.15, 0.2) is 0 Å². The van der Waals surface area contributed by atoms with Crippen molar-refractivity contribution in [2.75, 3.05) is 6.61 Å². The normalized spacial score (nSPS) is 48.9. The largest absolute Gasteiger partial charge is 0.396 e. The molecule has 0 aromatic carbocycles. The summed E-state index contributed by atoms with van der Waals surface area (Å²) < 4.78 is 0. The average molecular weight is 421 g/mol. The molecule has 0 heterocycles. The van der Waals surface area contributed by atoms with Crippen molar-refractivity contribution in [1.29, 1.82) is 0 Å². The van der Waals surface area contributed by atoms with Gasteiger partial charge >= 0.3 is 0 Å². The highest BCUT2D eigenvalue weighted by Gasteiger charge is 2.60. The molecule has 4 saturated carbocycles. The molecular weight excluding hydrogens is 372 g/mol. The monoisotopic (exact) mass is 420 g/mol. The van der Waals surface area contributed by atoms with E-state index in [1.807, 2.05) is 0 Å². The van der Waals surface area contributed by atoms with E-state index in [4.69, 9.17) is 0 Å². The van der Waals surface area contributed by atoms with Gasteiger partial charge in [0, 0.05) is 6.61 Å². The Morgan fingerprint density at radius 1 is 0.867 bits per heavy atom. The van der Waals surface area contributed by atoms with Crippen LogP contribution in [0.25, 0.3) is 0 Å². The maximum atomic E-state index is 11.0. The topological polar surface area (TPSA) is 60.7 Å². The van der Waals surface area contributed by atoms with Gasteiger partial charge in [-0.1, -0.05) is 27.7 Å². The maximum absolute atomic E-state index is 11.0. The molecule has 4 fully saturated rings. The summed E-state index contributed by atoms with van der Waals surface area (Å²) in [6.45, 7) is 9.75. The lowest BCUT2D eigenvalue weighted by Gasteiger charge is -2.61. The van der Waals surface area contributed by atoms with E-state index in [0.29, 0.717) is 28.6 Å². The SMILES string of the molecule is CC(CO)CCC(O)C(C)C1CCC2C3CCC4CC(O)CCC4(C)C3CCC12C. The van der Waals surface area contributed by atoms with E-state index in [2.05, 4.69) is 27.7 Å². The van der Waals surface area contributed by atoms with Crippen LogP contribution in [-0.2, 0) is 0 Å². The molecule has 11 unspecified atom stereocenters. The number of fused-ring (bicyclic) bond motifs is 5. The van der Waals surface area contributed by atoms with Crippen molar-refractivity contribution in [3.8, 4) is 0 Å². The van der Waals surface area contributed by atoms with Gasteiger partial charge in [0.15, 0.2) is 0 Å². The van der Waals surface area contributed by atoms with Gasteiger partial charge in [-0.2, -0.15) is 0 Å². The van der Waals surface area contributed by atoms with Crippen LogP contribution < -0.4 is 0 Å². The maximum Gasteiger partial charge on any atom is 0.0568 e. The summed E-state index contributed by atoms with van der Waals surface area (Å²) in [5.74, 6) is 4.57. The first-order chi connectivity index (χ1) is 14.2. The Balaban J connectivity index is 1.46. The third-order valence-electron chi connectivity index (χ3n) is 11.2. The van der Waals surface area contributed by atoms with Gasteiger partial charge in [-0.05, 0) is 123 Å². The van der Waals surface area contributed by atoms with Crippen LogP contribution in [-0.4, -0.2) is 34.1 Å². The fraction of sp³-hybridized carbons (Fsp3) is 1.00. The van der Waals surface area contributed by atoms with Gasteiger partial charge in [-0.15, -0.1) is 0 Å².